The van der Waals surface area contributed by atoms with Gasteiger partial charge in [0.15, 0.2) is 0 Å². The van der Waals surface area contributed by atoms with Gasteiger partial charge in [-0.05, 0) is 18.6 Å². The molecule has 0 saturated heterocycles. The molecule has 0 aliphatic carbocycles. The summed E-state index contributed by atoms with van der Waals surface area (Å²) in [5.74, 6) is 5.08. The lowest BCUT2D eigenvalue weighted by Gasteiger charge is -1.97. The molecule has 0 heterocycles. The highest BCUT2D eigenvalue weighted by molar-refractivity contribution is 5.42. The van der Waals surface area contributed by atoms with Crippen molar-refractivity contribution in [2.75, 3.05) is 0 Å². The summed E-state index contributed by atoms with van der Waals surface area (Å²) < 4.78 is 0. The molecule has 0 amide bonds. The van der Waals surface area contributed by atoms with Crippen molar-refractivity contribution in [1.82, 2.24) is 5.43 Å². The van der Waals surface area contributed by atoms with Crippen LogP contribution in [0.25, 0.3) is 0 Å². The Labute approximate surface area is 54.7 Å². The summed E-state index contributed by atoms with van der Waals surface area (Å²) in [5, 5.41) is 0. The molecule has 1 aromatic rings. The zero-order valence-electron chi connectivity index (χ0n) is 5.33. The van der Waals surface area contributed by atoms with E-state index in [1.54, 1.807) is 0 Å². The van der Waals surface area contributed by atoms with E-state index in [0.29, 0.717) is 0 Å². The van der Waals surface area contributed by atoms with Gasteiger partial charge in [-0.3, -0.25) is 0 Å². The van der Waals surface area contributed by atoms with E-state index in [1.807, 2.05) is 31.2 Å². The lowest BCUT2D eigenvalue weighted by atomic mass is 10.2. The highest BCUT2D eigenvalue weighted by atomic mass is 15.2. The topological polar surface area (TPSA) is 40.1 Å². The van der Waals surface area contributed by atoms with E-state index in [-0.39, 0.29) is 0 Å². The van der Waals surface area contributed by atoms with E-state index >= 15 is 0 Å². The van der Waals surface area contributed by atoms with Crippen LogP contribution in [0.2, 0.25) is 0 Å². The van der Waals surface area contributed by atoms with Crippen LogP contribution in [-0.2, 0) is 0 Å². The van der Waals surface area contributed by atoms with Crippen LogP contribution in [0.5, 0.6) is 0 Å². The third-order valence-electron chi connectivity index (χ3n) is 1.25. The van der Waals surface area contributed by atoms with Crippen molar-refractivity contribution in [2.45, 2.75) is 6.92 Å². The Morgan fingerprint density at radius 2 is 2.00 bits per heavy atom. The first-order valence-corrected chi connectivity index (χ1v) is 2.81. The molecule has 47 valence electrons. The Morgan fingerprint density at radius 3 is 2.44 bits per heavy atom. The number of aryl methyl sites for hydroxylation is 1. The fraction of sp³-hybridized carbons (Fsp3) is 0.143. The Balaban J connectivity index is 3.01. The zero-order chi connectivity index (χ0) is 6.69. The first kappa shape index (κ1) is 6.11. The normalized spacial score (nSPS) is 9.11. The number of hydrogen-bond acceptors (Lipinski definition) is 1. The van der Waals surface area contributed by atoms with Crippen molar-refractivity contribution in [3.8, 4) is 0 Å². The van der Waals surface area contributed by atoms with E-state index in [2.05, 4.69) is 5.43 Å². The monoisotopic (exact) mass is 121 g/mol. The molecule has 0 saturated carbocycles. The molecule has 1 radical (unpaired) electrons. The molecule has 0 fully saturated rings. The number of benzene rings is 1. The Kier molecular flexibility index (Phi) is 1.70. The first-order chi connectivity index (χ1) is 4.34. The van der Waals surface area contributed by atoms with E-state index in [0.717, 1.165) is 11.3 Å². The third-order valence-corrected chi connectivity index (χ3v) is 1.25. The molecule has 9 heavy (non-hydrogen) atoms. The Hall–Kier alpha value is -1.02. The second kappa shape index (κ2) is 2.51. The molecule has 0 atom stereocenters. The molecule has 0 spiro atoms. The van der Waals surface area contributed by atoms with Gasteiger partial charge in [-0.25, -0.2) is 11.3 Å². The van der Waals surface area contributed by atoms with Crippen molar-refractivity contribution in [1.29, 1.82) is 0 Å². The fourth-order valence-electron chi connectivity index (χ4n) is 0.708. The van der Waals surface area contributed by atoms with Crippen LogP contribution in [0, 0.1) is 6.92 Å². The van der Waals surface area contributed by atoms with Gasteiger partial charge in [0.2, 0.25) is 0 Å². The Bertz CT molecular complexity index is 196. The van der Waals surface area contributed by atoms with E-state index in [9.17, 15) is 0 Å². The van der Waals surface area contributed by atoms with E-state index < -0.39 is 0 Å². The Morgan fingerprint density at radius 1 is 1.33 bits per heavy atom. The van der Waals surface area contributed by atoms with Gasteiger partial charge in [-0.1, -0.05) is 18.2 Å². The largest absolute Gasteiger partial charge is 0.227 e. The molecule has 0 aromatic heterocycles. The van der Waals surface area contributed by atoms with Crippen LogP contribution in [0.15, 0.2) is 24.3 Å². The zero-order valence-corrected chi connectivity index (χ0v) is 5.33. The van der Waals surface area contributed by atoms with Gasteiger partial charge in [0.05, 0.1) is 5.69 Å². The van der Waals surface area contributed by atoms with Crippen molar-refractivity contribution in [3.63, 3.8) is 0 Å². The van der Waals surface area contributed by atoms with Crippen LogP contribution in [0.3, 0.4) is 0 Å². The van der Waals surface area contributed by atoms with Crippen molar-refractivity contribution in [2.24, 2.45) is 5.84 Å². The van der Waals surface area contributed by atoms with Gasteiger partial charge in [0, 0.05) is 0 Å². The molecule has 0 bridgehead atoms. The maximum atomic E-state index is 5.08. The SMILES string of the molecule is Cc1ccccc1[N]N. The van der Waals surface area contributed by atoms with E-state index in [1.165, 1.54) is 0 Å². The van der Waals surface area contributed by atoms with E-state index in [4.69, 9.17) is 5.84 Å². The van der Waals surface area contributed by atoms with Crippen molar-refractivity contribution >= 4 is 5.69 Å². The van der Waals surface area contributed by atoms with Crippen LogP contribution >= 0.6 is 0 Å². The number of nitrogens with two attached hydrogens (primary N) is 1. The summed E-state index contributed by atoms with van der Waals surface area (Å²) in [5.41, 5.74) is 5.54. The lowest BCUT2D eigenvalue weighted by Crippen LogP contribution is -2.05. The molecular formula is C7H9N2. The first-order valence-electron chi connectivity index (χ1n) is 2.81. The molecule has 2 heteroatoms. The minimum Gasteiger partial charge on any atom is -0.227 e. The highest BCUT2D eigenvalue weighted by Crippen LogP contribution is 2.10. The third kappa shape index (κ3) is 1.21. The van der Waals surface area contributed by atoms with Gasteiger partial charge in [-0.15, -0.1) is 0 Å². The number of hydrogen-bond donors (Lipinski definition) is 1. The molecule has 1 rings (SSSR count). The maximum Gasteiger partial charge on any atom is 0.0800 e. The van der Waals surface area contributed by atoms with Crippen LogP contribution in [-0.4, -0.2) is 0 Å². The molecule has 0 aliphatic heterocycles. The minimum atomic E-state index is 0.859. The minimum absolute atomic E-state index is 0.859. The fourth-order valence-corrected chi connectivity index (χ4v) is 0.708. The maximum absolute atomic E-state index is 5.08. The molecular weight excluding hydrogens is 112 g/mol. The average molecular weight is 121 g/mol. The summed E-state index contributed by atoms with van der Waals surface area (Å²) in [4.78, 5) is 0. The smallest absolute Gasteiger partial charge is 0.0800 e. The second-order valence-electron chi connectivity index (χ2n) is 1.92. The van der Waals surface area contributed by atoms with Gasteiger partial charge in [0.1, 0.15) is 0 Å². The molecule has 2 nitrogen and oxygen atoms in total. The van der Waals surface area contributed by atoms with Crippen LogP contribution < -0.4 is 11.3 Å². The van der Waals surface area contributed by atoms with Crippen molar-refractivity contribution < 1.29 is 0 Å². The van der Waals surface area contributed by atoms with Gasteiger partial charge < -0.3 is 0 Å². The van der Waals surface area contributed by atoms with Gasteiger partial charge in [-0.2, -0.15) is 0 Å². The lowest BCUT2D eigenvalue weighted by molar-refractivity contribution is 0.949. The highest BCUT2D eigenvalue weighted by Gasteiger charge is 1.91. The van der Waals surface area contributed by atoms with Gasteiger partial charge >= 0.3 is 0 Å². The molecule has 0 unspecified atom stereocenters. The summed E-state index contributed by atoms with van der Waals surface area (Å²) in [6, 6.07) is 7.74. The number of rotatable bonds is 1. The second-order valence-corrected chi connectivity index (χ2v) is 1.92. The number of nitrogens with zero attached hydrogens (tertiary/aromatic N) is 1. The van der Waals surface area contributed by atoms with Crippen LogP contribution in [0.4, 0.5) is 5.69 Å². The summed E-state index contributed by atoms with van der Waals surface area (Å²) in [6.07, 6.45) is 0. The summed E-state index contributed by atoms with van der Waals surface area (Å²) >= 11 is 0. The predicted octanol–water partition coefficient (Wildman–Crippen LogP) is 1.10. The summed E-state index contributed by atoms with van der Waals surface area (Å²) in [7, 11) is 0. The van der Waals surface area contributed by atoms with Gasteiger partial charge in [0.25, 0.3) is 0 Å². The molecule has 1 aromatic carbocycles. The predicted molar refractivity (Wildman–Crippen MR) is 37.2 cm³/mol. The quantitative estimate of drug-likeness (QED) is 0.438. The molecule has 0 aliphatic rings. The average Bonchev–Trinajstić information content (AvgIpc) is 1.89. The standard InChI is InChI=1S/C7H9N2/c1-6-4-2-3-5-7(6)9-8/h2-5H,8H2,1H3. The van der Waals surface area contributed by atoms with Crippen molar-refractivity contribution in [3.05, 3.63) is 29.8 Å². The van der Waals surface area contributed by atoms with Crippen LogP contribution in [0.1, 0.15) is 5.56 Å². The molecule has 2 N–H and O–H groups in total. The summed E-state index contributed by atoms with van der Waals surface area (Å²) in [6.45, 7) is 1.98.